The zero-order chi connectivity index (χ0) is 20.8. The molecule has 1 fully saturated rings. The van der Waals surface area contributed by atoms with E-state index in [1.165, 1.54) is 0 Å². The zero-order valence-corrected chi connectivity index (χ0v) is 17.9. The van der Waals surface area contributed by atoms with Gasteiger partial charge in [-0.05, 0) is 36.4 Å². The van der Waals surface area contributed by atoms with Gasteiger partial charge in [-0.3, -0.25) is 0 Å². The third-order valence-electron chi connectivity index (χ3n) is 6.33. The van der Waals surface area contributed by atoms with Crippen LogP contribution in [0.1, 0.15) is 24.0 Å². The summed E-state index contributed by atoms with van der Waals surface area (Å²) in [6.45, 7) is 0. The van der Waals surface area contributed by atoms with E-state index in [4.69, 9.17) is 27.9 Å². The highest BCUT2D eigenvalue weighted by Crippen LogP contribution is 2.39. The molecule has 0 spiro atoms. The Labute approximate surface area is 180 Å². The highest BCUT2D eigenvalue weighted by molar-refractivity contribution is 6.31. The van der Waals surface area contributed by atoms with Crippen molar-refractivity contribution in [1.82, 2.24) is 0 Å². The molecule has 0 radical (unpaired) electrons. The van der Waals surface area contributed by atoms with E-state index in [2.05, 4.69) is 26.2 Å². The van der Waals surface area contributed by atoms with Gasteiger partial charge in [0.15, 0.2) is 0 Å². The van der Waals surface area contributed by atoms with E-state index < -0.39 is 11.6 Å². The Morgan fingerprint density at radius 1 is 1.00 bits per heavy atom. The number of rotatable bonds is 4. The first-order chi connectivity index (χ1) is 13.7. The summed E-state index contributed by atoms with van der Waals surface area (Å²) in [4.78, 5) is 13.4. The molecule has 0 aliphatic carbocycles. The molecule has 4 nitrogen and oxygen atoms in total. The van der Waals surface area contributed by atoms with Gasteiger partial charge in [-0.25, -0.2) is 4.79 Å². The lowest BCUT2D eigenvalue weighted by Crippen LogP contribution is -2.57. The second kappa shape index (κ2) is 7.44. The van der Waals surface area contributed by atoms with Crippen molar-refractivity contribution in [3.8, 4) is 0 Å². The molecule has 0 saturated carbocycles. The SMILES string of the molecule is C[N+]1(C)C2C=CC1CC(OC(=O)C(O)(c1cccc(Cl)c1)c1cccc(Cl)c1)C2. The molecule has 2 heterocycles. The molecule has 1 saturated heterocycles. The number of quaternary nitrogens is 1. The normalized spacial score (nSPS) is 25.1. The molecule has 0 aromatic heterocycles. The maximum atomic E-state index is 13.4. The van der Waals surface area contributed by atoms with Gasteiger partial charge in [-0.2, -0.15) is 0 Å². The third kappa shape index (κ3) is 3.59. The van der Waals surface area contributed by atoms with Crippen LogP contribution in [0.2, 0.25) is 10.0 Å². The number of ether oxygens (including phenoxy) is 1. The predicted octanol–water partition coefficient (Wildman–Crippen LogP) is 4.32. The molecule has 2 aliphatic rings. The predicted molar refractivity (Wildman–Crippen MR) is 114 cm³/mol. The van der Waals surface area contributed by atoms with Gasteiger partial charge in [0.05, 0.1) is 14.1 Å². The number of aliphatic hydroxyl groups is 1. The minimum Gasteiger partial charge on any atom is -0.459 e. The number of benzene rings is 2. The molecule has 29 heavy (non-hydrogen) atoms. The van der Waals surface area contributed by atoms with E-state index in [9.17, 15) is 9.90 Å². The zero-order valence-electron chi connectivity index (χ0n) is 16.4. The molecule has 2 aliphatic heterocycles. The molecule has 1 N–H and O–H groups in total. The van der Waals surface area contributed by atoms with E-state index in [-0.39, 0.29) is 6.10 Å². The minimum atomic E-state index is -2.00. The van der Waals surface area contributed by atoms with Crippen LogP contribution >= 0.6 is 23.2 Å². The fourth-order valence-corrected chi connectivity index (χ4v) is 4.82. The van der Waals surface area contributed by atoms with E-state index in [1.54, 1.807) is 48.5 Å². The Kier molecular flexibility index (Phi) is 5.24. The van der Waals surface area contributed by atoms with Crippen molar-refractivity contribution in [3.63, 3.8) is 0 Å². The maximum Gasteiger partial charge on any atom is 0.347 e. The molecule has 2 unspecified atom stereocenters. The lowest BCUT2D eigenvalue weighted by molar-refractivity contribution is -0.926. The molecule has 152 valence electrons. The number of hydrogen-bond donors (Lipinski definition) is 1. The van der Waals surface area contributed by atoms with Crippen molar-refractivity contribution < 1.29 is 19.1 Å². The first-order valence-electron chi connectivity index (χ1n) is 9.68. The minimum absolute atomic E-state index is 0.261. The number of hydrogen-bond acceptors (Lipinski definition) is 3. The van der Waals surface area contributed by atoms with Gasteiger partial charge in [0.2, 0.25) is 5.60 Å². The summed E-state index contributed by atoms with van der Waals surface area (Å²) in [6, 6.07) is 13.9. The van der Waals surface area contributed by atoms with Gasteiger partial charge >= 0.3 is 5.97 Å². The highest BCUT2D eigenvalue weighted by Gasteiger charge is 2.49. The standard InChI is InChI=1S/C23H24Cl2NO3/c1-26(2)19-9-10-20(26)14-21(13-19)29-22(27)23(28,15-5-3-7-17(24)11-15)16-6-4-8-18(25)12-16/h3-12,19-21,28H,13-14H2,1-2H3/q+1. The monoisotopic (exact) mass is 432 g/mol. The maximum absolute atomic E-state index is 13.4. The van der Waals surface area contributed by atoms with Crippen molar-refractivity contribution in [3.05, 3.63) is 81.9 Å². The summed E-state index contributed by atoms with van der Waals surface area (Å²) in [7, 11) is 4.39. The number of carbonyl (C=O) groups excluding carboxylic acids is 1. The number of esters is 1. The van der Waals surface area contributed by atoms with Crippen molar-refractivity contribution in [2.24, 2.45) is 0 Å². The lowest BCUT2D eigenvalue weighted by Gasteiger charge is -2.44. The van der Waals surface area contributed by atoms with Gasteiger partial charge in [0.1, 0.15) is 18.2 Å². The van der Waals surface area contributed by atoms with Crippen LogP contribution in [0.25, 0.3) is 0 Å². The molecular formula is C23H24Cl2NO3+. The molecule has 0 amide bonds. The van der Waals surface area contributed by atoms with E-state index in [1.807, 2.05) is 0 Å². The van der Waals surface area contributed by atoms with Crippen molar-refractivity contribution >= 4 is 29.2 Å². The van der Waals surface area contributed by atoms with E-state index in [0.29, 0.717) is 33.3 Å². The molecule has 2 bridgehead atoms. The Morgan fingerprint density at radius 2 is 1.48 bits per heavy atom. The van der Waals surface area contributed by atoms with Crippen LogP contribution in [-0.2, 0) is 15.1 Å². The Morgan fingerprint density at radius 3 is 1.93 bits per heavy atom. The van der Waals surface area contributed by atoms with Crippen LogP contribution in [0, 0.1) is 0 Å². The van der Waals surface area contributed by atoms with Crippen LogP contribution in [-0.4, -0.2) is 47.8 Å². The number of piperidine rings is 1. The summed E-state index contributed by atoms with van der Waals surface area (Å²) in [5.41, 5.74) is -1.29. The first kappa shape index (κ1) is 20.4. The van der Waals surface area contributed by atoms with Gasteiger partial charge in [-0.15, -0.1) is 0 Å². The molecular weight excluding hydrogens is 409 g/mol. The summed E-state index contributed by atoms with van der Waals surface area (Å²) in [5, 5.41) is 12.5. The number of fused-ring (bicyclic) bond motifs is 2. The van der Waals surface area contributed by atoms with Gasteiger partial charge < -0.3 is 14.3 Å². The van der Waals surface area contributed by atoms with Crippen LogP contribution < -0.4 is 0 Å². The quantitative estimate of drug-likeness (QED) is 0.444. The molecule has 4 rings (SSSR count). The van der Waals surface area contributed by atoms with Gasteiger partial charge in [0, 0.05) is 34.0 Å². The Bertz CT molecular complexity index is 909. The lowest BCUT2D eigenvalue weighted by atomic mass is 9.86. The number of nitrogens with zero attached hydrogens (tertiary/aromatic N) is 1. The van der Waals surface area contributed by atoms with Crippen molar-refractivity contribution in [2.75, 3.05) is 14.1 Å². The van der Waals surface area contributed by atoms with Crippen LogP contribution in [0.4, 0.5) is 0 Å². The average molecular weight is 433 g/mol. The molecule has 2 atom stereocenters. The number of halogens is 2. The molecule has 2 aromatic carbocycles. The molecule has 2 aromatic rings. The fourth-order valence-electron chi connectivity index (χ4n) is 4.44. The third-order valence-corrected chi connectivity index (χ3v) is 6.80. The van der Waals surface area contributed by atoms with Crippen molar-refractivity contribution in [2.45, 2.75) is 36.6 Å². The molecule has 6 heteroatoms. The highest BCUT2D eigenvalue weighted by atomic mass is 35.5. The fraction of sp³-hybridized carbons (Fsp3) is 0.348. The number of carbonyl (C=O) groups is 1. The second-order valence-corrected chi connectivity index (χ2v) is 9.25. The average Bonchev–Trinajstić information content (AvgIpc) is 2.84. The Balaban J connectivity index is 1.66. The number of likely N-dealkylation sites (N-methyl/N-ethyl adjacent to an activating group) is 1. The smallest absolute Gasteiger partial charge is 0.347 e. The summed E-state index contributed by atoms with van der Waals surface area (Å²) in [6.07, 6.45) is 5.61. The van der Waals surface area contributed by atoms with Crippen molar-refractivity contribution in [1.29, 1.82) is 0 Å². The summed E-state index contributed by atoms with van der Waals surface area (Å²) >= 11 is 12.3. The topological polar surface area (TPSA) is 46.5 Å². The van der Waals surface area contributed by atoms with Crippen LogP contribution in [0.5, 0.6) is 0 Å². The van der Waals surface area contributed by atoms with Crippen LogP contribution in [0.15, 0.2) is 60.7 Å². The van der Waals surface area contributed by atoms with Gasteiger partial charge in [-0.1, -0.05) is 47.5 Å². The summed E-state index contributed by atoms with van der Waals surface area (Å²) in [5.74, 6) is -0.710. The Hall–Kier alpha value is -1.85. The largest absolute Gasteiger partial charge is 0.459 e. The van der Waals surface area contributed by atoms with E-state index in [0.717, 1.165) is 17.3 Å². The van der Waals surface area contributed by atoms with E-state index >= 15 is 0 Å². The second-order valence-electron chi connectivity index (χ2n) is 8.38. The summed E-state index contributed by atoms with van der Waals surface area (Å²) < 4.78 is 6.77. The first-order valence-corrected chi connectivity index (χ1v) is 10.4. The van der Waals surface area contributed by atoms with Gasteiger partial charge in [0.25, 0.3) is 0 Å². The van der Waals surface area contributed by atoms with Crippen LogP contribution in [0.3, 0.4) is 0 Å².